The average Bonchev–Trinajstić information content (AvgIpc) is 2.27. The van der Waals surface area contributed by atoms with Gasteiger partial charge in [0, 0.05) is 6.42 Å². The number of hydrogen-bond donors (Lipinski definition) is 0. The predicted molar refractivity (Wildman–Crippen MR) is 65.0 cm³/mol. The van der Waals surface area contributed by atoms with Crippen molar-refractivity contribution >= 4 is 12.0 Å². The van der Waals surface area contributed by atoms with Crippen LogP contribution in [0.1, 0.15) is 71.1 Å². The molecular weight excluding hydrogens is 202 g/mol. The summed E-state index contributed by atoms with van der Waals surface area (Å²) in [4.78, 5) is 23.6. The highest BCUT2D eigenvalue weighted by molar-refractivity contribution is 5.81. The van der Waals surface area contributed by atoms with Crippen LogP contribution < -0.4 is 0 Å². The van der Waals surface area contributed by atoms with Crippen LogP contribution in [-0.2, 0) is 9.59 Å². The number of carbonyl (C=O) groups is 1. The number of carbonyl (C=O) groups excluding carboxylic acids is 2. The number of aliphatic imine (C=N–C) groups is 1. The van der Waals surface area contributed by atoms with Gasteiger partial charge in [-0.25, -0.2) is 4.79 Å². The summed E-state index contributed by atoms with van der Waals surface area (Å²) in [6.07, 6.45) is 12.6. The lowest BCUT2D eigenvalue weighted by atomic mass is 10.1. The first kappa shape index (κ1) is 15.0. The number of amides is 1. The molecule has 0 N–H and O–H groups in total. The molecule has 0 saturated carbocycles. The molecule has 0 spiro atoms. The van der Waals surface area contributed by atoms with Crippen molar-refractivity contribution in [3.8, 4) is 0 Å². The highest BCUT2D eigenvalue weighted by atomic mass is 16.2. The molecule has 0 atom stereocenters. The molecule has 0 aromatic rings. The minimum Gasteiger partial charge on any atom is -0.272 e. The molecule has 0 aromatic carbocycles. The smallest absolute Gasteiger partial charge is 0.256 e. The van der Waals surface area contributed by atoms with Crippen LogP contribution in [0.15, 0.2) is 4.99 Å². The Hall–Kier alpha value is -0.950. The largest absolute Gasteiger partial charge is 0.272 e. The minimum absolute atomic E-state index is 0.335. The Morgan fingerprint density at radius 2 is 1.44 bits per heavy atom. The zero-order valence-corrected chi connectivity index (χ0v) is 10.3. The summed E-state index contributed by atoms with van der Waals surface area (Å²) in [5.41, 5.74) is 0. The maximum atomic E-state index is 10.8. The third-order valence-electron chi connectivity index (χ3n) is 2.66. The first-order valence-electron chi connectivity index (χ1n) is 6.42. The van der Waals surface area contributed by atoms with Crippen LogP contribution >= 0.6 is 0 Å². The maximum absolute atomic E-state index is 10.8. The maximum Gasteiger partial charge on any atom is 0.256 e. The molecule has 1 amide bonds. The first-order valence-corrected chi connectivity index (χ1v) is 6.42. The topological polar surface area (TPSA) is 46.5 Å². The van der Waals surface area contributed by atoms with E-state index in [0.717, 1.165) is 12.8 Å². The van der Waals surface area contributed by atoms with Crippen LogP contribution in [0, 0.1) is 0 Å². The first-order chi connectivity index (χ1) is 7.81. The Balaban J connectivity index is 3.09. The molecule has 0 aromatic heterocycles. The summed E-state index contributed by atoms with van der Waals surface area (Å²) in [5, 5.41) is 0. The standard InChI is InChI=1S/C13H23NO2/c1-2-3-4-5-6-7-8-9-10-11-13(16)14-12-15/h2-11H2,1H3. The van der Waals surface area contributed by atoms with E-state index in [0.29, 0.717) is 6.42 Å². The molecule has 0 saturated heterocycles. The van der Waals surface area contributed by atoms with E-state index in [1.54, 1.807) is 0 Å². The molecular formula is C13H23NO2. The lowest BCUT2D eigenvalue weighted by Gasteiger charge is -2.00. The Morgan fingerprint density at radius 1 is 0.938 bits per heavy atom. The monoisotopic (exact) mass is 225 g/mol. The van der Waals surface area contributed by atoms with E-state index in [4.69, 9.17) is 0 Å². The molecule has 0 heterocycles. The zero-order chi connectivity index (χ0) is 12.1. The Bertz CT molecular complexity index is 220. The SMILES string of the molecule is CCCCCCCCCCCC(=O)N=C=O. The third-order valence-corrected chi connectivity index (χ3v) is 2.66. The summed E-state index contributed by atoms with van der Waals surface area (Å²) in [6.45, 7) is 2.22. The summed E-state index contributed by atoms with van der Waals surface area (Å²) in [6, 6.07) is 0. The van der Waals surface area contributed by atoms with Gasteiger partial charge in [-0.3, -0.25) is 4.79 Å². The Morgan fingerprint density at radius 3 is 1.94 bits per heavy atom. The number of hydrogen-bond acceptors (Lipinski definition) is 2. The Kier molecular flexibility index (Phi) is 11.4. The van der Waals surface area contributed by atoms with Gasteiger partial charge in [-0.15, -0.1) is 4.99 Å². The highest BCUT2D eigenvalue weighted by Gasteiger charge is 1.98. The van der Waals surface area contributed by atoms with E-state index in [1.165, 1.54) is 51.0 Å². The van der Waals surface area contributed by atoms with Crippen molar-refractivity contribution in [2.24, 2.45) is 4.99 Å². The van der Waals surface area contributed by atoms with Crippen LogP contribution in [0.25, 0.3) is 0 Å². The molecule has 0 aliphatic rings. The molecule has 0 fully saturated rings. The molecule has 16 heavy (non-hydrogen) atoms. The summed E-state index contributed by atoms with van der Waals surface area (Å²) in [5.74, 6) is -0.335. The summed E-state index contributed by atoms with van der Waals surface area (Å²) in [7, 11) is 0. The van der Waals surface area contributed by atoms with Gasteiger partial charge in [0.25, 0.3) is 5.91 Å². The van der Waals surface area contributed by atoms with Crippen LogP contribution in [-0.4, -0.2) is 12.0 Å². The van der Waals surface area contributed by atoms with Crippen LogP contribution in [0.3, 0.4) is 0 Å². The van der Waals surface area contributed by atoms with E-state index in [9.17, 15) is 9.59 Å². The second-order valence-electron chi connectivity index (χ2n) is 4.18. The van der Waals surface area contributed by atoms with Gasteiger partial charge < -0.3 is 0 Å². The van der Waals surface area contributed by atoms with E-state index in [1.807, 2.05) is 0 Å². The van der Waals surface area contributed by atoms with Gasteiger partial charge >= 0.3 is 0 Å². The molecule has 0 aliphatic heterocycles. The lowest BCUT2D eigenvalue weighted by Crippen LogP contribution is -1.92. The van der Waals surface area contributed by atoms with Gasteiger partial charge in [-0.1, -0.05) is 58.3 Å². The molecule has 0 bridgehead atoms. The highest BCUT2D eigenvalue weighted by Crippen LogP contribution is 2.10. The van der Waals surface area contributed by atoms with Gasteiger partial charge in [0.2, 0.25) is 6.08 Å². The van der Waals surface area contributed by atoms with E-state index >= 15 is 0 Å². The van der Waals surface area contributed by atoms with Crippen LogP contribution in [0.4, 0.5) is 0 Å². The van der Waals surface area contributed by atoms with Crippen LogP contribution in [0.2, 0.25) is 0 Å². The second kappa shape index (κ2) is 12.1. The molecule has 0 unspecified atom stereocenters. The third kappa shape index (κ3) is 11.1. The molecule has 0 aliphatic carbocycles. The van der Waals surface area contributed by atoms with E-state index in [2.05, 4.69) is 11.9 Å². The summed E-state index contributed by atoms with van der Waals surface area (Å²) < 4.78 is 0. The molecule has 92 valence electrons. The fraction of sp³-hybridized carbons (Fsp3) is 0.846. The van der Waals surface area contributed by atoms with Crippen molar-refractivity contribution < 1.29 is 9.59 Å². The second-order valence-corrected chi connectivity index (χ2v) is 4.18. The van der Waals surface area contributed by atoms with Crippen molar-refractivity contribution in [2.75, 3.05) is 0 Å². The number of unbranched alkanes of at least 4 members (excludes halogenated alkanes) is 8. The fourth-order valence-electron chi connectivity index (χ4n) is 1.69. The van der Waals surface area contributed by atoms with E-state index in [-0.39, 0.29) is 5.91 Å². The molecule has 3 nitrogen and oxygen atoms in total. The van der Waals surface area contributed by atoms with Gasteiger partial charge in [-0.05, 0) is 6.42 Å². The molecule has 3 heteroatoms. The van der Waals surface area contributed by atoms with Crippen molar-refractivity contribution in [3.63, 3.8) is 0 Å². The van der Waals surface area contributed by atoms with Crippen molar-refractivity contribution in [1.29, 1.82) is 0 Å². The molecule has 0 rings (SSSR count). The van der Waals surface area contributed by atoms with Gasteiger partial charge in [0.1, 0.15) is 0 Å². The number of rotatable bonds is 10. The Labute approximate surface area is 98.3 Å². The van der Waals surface area contributed by atoms with Crippen molar-refractivity contribution in [1.82, 2.24) is 0 Å². The van der Waals surface area contributed by atoms with Crippen LogP contribution in [0.5, 0.6) is 0 Å². The fourth-order valence-corrected chi connectivity index (χ4v) is 1.69. The predicted octanol–water partition coefficient (Wildman–Crippen LogP) is 3.77. The summed E-state index contributed by atoms with van der Waals surface area (Å²) >= 11 is 0. The minimum atomic E-state index is -0.335. The lowest BCUT2D eigenvalue weighted by molar-refractivity contribution is -0.117. The van der Waals surface area contributed by atoms with Gasteiger partial charge in [0.05, 0.1) is 0 Å². The van der Waals surface area contributed by atoms with Gasteiger partial charge in [0.15, 0.2) is 0 Å². The molecule has 0 radical (unpaired) electrons. The average molecular weight is 225 g/mol. The zero-order valence-electron chi connectivity index (χ0n) is 10.3. The van der Waals surface area contributed by atoms with Crippen molar-refractivity contribution in [3.05, 3.63) is 0 Å². The van der Waals surface area contributed by atoms with E-state index < -0.39 is 0 Å². The quantitative estimate of drug-likeness (QED) is 0.323. The normalized spacial score (nSPS) is 9.81. The number of isocyanates is 1. The van der Waals surface area contributed by atoms with Crippen molar-refractivity contribution in [2.45, 2.75) is 71.1 Å². The van der Waals surface area contributed by atoms with Gasteiger partial charge in [-0.2, -0.15) is 0 Å². The number of nitrogens with zero attached hydrogens (tertiary/aromatic N) is 1.